The van der Waals surface area contributed by atoms with Gasteiger partial charge in [-0.3, -0.25) is 22.0 Å². The molecule has 36 valence electrons. The number of carbonyl (C=O) groups excluding carboxylic acids is 1. The number of hydrogen-bond donors (Lipinski definition) is 3. The van der Waals surface area contributed by atoms with E-state index < -0.39 is 5.79 Å². The molecule has 6 N–H and O–H groups in total. The van der Waals surface area contributed by atoms with Crippen molar-refractivity contribution < 1.29 is 4.79 Å². The van der Waals surface area contributed by atoms with Gasteiger partial charge in [-0.1, -0.05) is 0 Å². The average Bonchev–Trinajstić information content (AvgIpc) is 1.35. The third kappa shape index (κ3) is 3.55. The summed E-state index contributed by atoms with van der Waals surface area (Å²) in [5, 5.41) is 0. The molecule has 0 aliphatic carbocycles. The smallest absolute Gasteiger partial charge is 0.173 e. The minimum atomic E-state index is -1.64. The molecular weight excluding hydrogens is 82.0 g/mol. The highest BCUT2D eigenvalue weighted by Crippen LogP contribution is 1.59. The van der Waals surface area contributed by atoms with Crippen LogP contribution in [0.15, 0.2) is 0 Å². The maximum absolute atomic E-state index is 9.45. The van der Waals surface area contributed by atoms with E-state index in [2.05, 4.69) is 0 Å². The van der Waals surface area contributed by atoms with Crippen LogP contribution in [0, 0.1) is 0 Å². The van der Waals surface area contributed by atoms with Crippen molar-refractivity contribution in [1.82, 2.24) is 0 Å². The van der Waals surface area contributed by atoms with Gasteiger partial charge in [0.15, 0.2) is 12.1 Å². The Morgan fingerprint density at radius 1 is 1.33 bits per heavy atom. The molecule has 0 unspecified atom stereocenters. The minimum absolute atomic E-state index is 0.271. The van der Waals surface area contributed by atoms with E-state index in [-0.39, 0.29) is 6.29 Å². The van der Waals surface area contributed by atoms with Gasteiger partial charge in [-0.25, -0.2) is 0 Å². The Morgan fingerprint density at radius 3 is 1.50 bits per heavy atom. The molecule has 0 spiro atoms. The van der Waals surface area contributed by atoms with E-state index in [9.17, 15) is 4.79 Å². The van der Waals surface area contributed by atoms with Gasteiger partial charge in [0.25, 0.3) is 0 Å². The summed E-state index contributed by atoms with van der Waals surface area (Å²) in [5.41, 5.74) is 14.2. The van der Waals surface area contributed by atoms with Crippen molar-refractivity contribution in [2.24, 2.45) is 17.2 Å². The summed E-state index contributed by atoms with van der Waals surface area (Å²) in [6, 6.07) is 0. The SMILES string of the molecule is NC(N)(N)C=O. The summed E-state index contributed by atoms with van der Waals surface area (Å²) in [5.74, 6) is -1.64. The maximum atomic E-state index is 9.45. The van der Waals surface area contributed by atoms with Crippen LogP contribution in [0.5, 0.6) is 0 Å². The number of carbonyl (C=O) groups is 1. The van der Waals surface area contributed by atoms with Crippen molar-refractivity contribution in [3.63, 3.8) is 0 Å². The van der Waals surface area contributed by atoms with Gasteiger partial charge in [0.2, 0.25) is 0 Å². The highest BCUT2D eigenvalue weighted by molar-refractivity contribution is 5.60. The summed E-state index contributed by atoms with van der Waals surface area (Å²) in [4.78, 5) is 9.45. The van der Waals surface area contributed by atoms with Crippen LogP contribution in [0.4, 0.5) is 0 Å². The van der Waals surface area contributed by atoms with Crippen LogP contribution in [0.1, 0.15) is 0 Å². The number of aldehydes is 1. The third-order valence-corrected chi connectivity index (χ3v) is 0.204. The fraction of sp³-hybridized carbons (Fsp3) is 0.500. The van der Waals surface area contributed by atoms with Crippen LogP contribution in [-0.4, -0.2) is 12.1 Å². The van der Waals surface area contributed by atoms with E-state index >= 15 is 0 Å². The Hall–Kier alpha value is -0.450. The normalized spacial score (nSPS) is 11.2. The fourth-order valence-electron chi connectivity index (χ4n) is 0. The number of hydrogen-bond acceptors (Lipinski definition) is 4. The molecule has 0 saturated heterocycles. The molecule has 0 bridgehead atoms. The summed E-state index contributed by atoms with van der Waals surface area (Å²) >= 11 is 0. The predicted octanol–water partition coefficient (Wildman–Crippen LogP) is -2.28. The lowest BCUT2D eigenvalue weighted by Gasteiger charge is -2.05. The van der Waals surface area contributed by atoms with Gasteiger partial charge < -0.3 is 0 Å². The first-order chi connectivity index (χ1) is 2.56. The molecule has 0 saturated carbocycles. The summed E-state index contributed by atoms with van der Waals surface area (Å²) < 4.78 is 0. The van der Waals surface area contributed by atoms with Crippen LogP contribution in [0.25, 0.3) is 0 Å². The molecule has 4 nitrogen and oxygen atoms in total. The number of nitrogens with two attached hydrogens (primary N) is 3. The van der Waals surface area contributed by atoms with Crippen LogP contribution in [0.3, 0.4) is 0 Å². The molecule has 0 rings (SSSR count). The first kappa shape index (κ1) is 5.55. The standard InChI is InChI=1S/C2H7N3O/c3-2(4,5)1-6/h1H,3-5H2. The number of rotatable bonds is 1. The molecule has 0 fully saturated rings. The first-order valence-electron chi connectivity index (χ1n) is 1.39. The van der Waals surface area contributed by atoms with Crippen molar-refractivity contribution in [2.45, 2.75) is 5.79 Å². The van der Waals surface area contributed by atoms with Crippen LogP contribution in [-0.2, 0) is 4.79 Å². The zero-order valence-corrected chi connectivity index (χ0v) is 3.22. The average molecular weight is 89.1 g/mol. The van der Waals surface area contributed by atoms with E-state index in [1.807, 2.05) is 0 Å². The van der Waals surface area contributed by atoms with Crippen molar-refractivity contribution in [2.75, 3.05) is 0 Å². The van der Waals surface area contributed by atoms with E-state index in [0.717, 1.165) is 0 Å². The lowest BCUT2D eigenvalue weighted by Crippen LogP contribution is -2.59. The van der Waals surface area contributed by atoms with Crippen LogP contribution in [0.2, 0.25) is 0 Å². The highest BCUT2D eigenvalue weighted by atomic mass is 16.1. The Balaban J connectivity index is 3.45. The first-order valence-corrected chi connectivity index (χ1v) is 1.39. The monoisotopic (exact) mass is 89.1 g/mol. The Bertz CT molecular complexity index is 54.3. The minimum Gasteiger partial charge on any atom is -0.298 e. The Morgan fingerprint density at radius 2 is 1.50 bits per heavy atom. The van der Waals surface area contributed by atoms with Gasteiger partial charge in [0, 0.05) is 0 Å². The molecule has 0 aromatic heterocycles. The van der Waals surface area contributed by atoms with Gasteiger partial charge in [0.1, 0.15) is 0 Å². The molecule has 0 heterocycles. The van der Waals surface area contributed by atoms with E-state index in [0.29, 0.717) is 0 Å². The van der Waals surface area contributed by atoms with Gasteiger partial charge in [0.05, 0.1) is 0 Å². The van der Waals surface area contributed by atoms with Gasteiger partial charge >= 0.3 is 0 Å². The zero-order chi connectivity index (χ0) is 5.21. The van der Waals surface area contributed by atoms with Crippen molar-refractivity contribution in [1.29, 1.82) is 0 Å². The van der Waals surface area contributed by atoms with E-state index in [4.69, 9.17) is 17.2 Å². The molecule has 0 aliphatic rings. The summed E-state index contributed by atoms with van der Waals surface area (Å²) in [6.45, 7) is 0. The molecule has 0 radical (unpaired) electrons. The second kappa shape index (κ2) is 1.34. The van der Waals surface area contributed by atoms with Crippen molar-refractivity contribution >= 4 is 6.29 Å². The largest absolute Gasteiger partial charge is 0.298 e. The molecule has 0 aromatic rings. The third-order valence-electron chi connectivity index (χ3n) is 0.204. The summed E-state index contributed by atoms with van der Waals surface area (Å²) in [6.07, 6.45) is 0.271. The molecule has 0 atom stereocenters. The second-order valence-corrected chi connectivity index (χ2v) is 1.12. The predicted molar refractivity (Wildman–Crippen MR) is 21.4 cm³/mol. The molecule has 0 aliphatic heterocycles. The van der Waals surface area contributed by atoms with E-state index in [1.54, 1.807) is 0 Å². The Kier molecular flexibility index (Phi) is 1.24. The molecule has 4 heteroatoms. The molecular formula is C2H7N3O. The zero-order valence-electron chi connectivity index (χ0n) is 3.22. The topological polar surface area (TPSA) is 95.1 Å². The van der Waals surface area contributed by atoms with Gasteiger partial charge in [-0.05, 0) is 0 Å². The van der Waals surface area contributed by atoms with Crippen molar-refractivity contribution in [3.05, 3.63) is 0 Å². The van der Waals surface area contributed by atoms with Gasteiger partial charge in [-0.15, -0.1) is 0 Å². The van der Waals surface area contributed by atoms with Gasteiger partial charge in [-0.2, -0.15) is 0 Å². The van der Waals surface area contributed by atoms with Crippen LogP contribution >= 0.6 is 0 Å². The van der Waals surface area contributed by atoms with E-state index in [1.165, 1.54) is 0 Å². The summed E-state index contributed by atoms with van der Waals surface area (Å²) in [7, 11) is 0. The van der Waals surface area contributed by atoms with Crippen LogP contribution < -0.4 is 17.2 Å². The Labute approximate surface area is 35.3 Å². The lowest BCUT2D eigenvalue weighted by atomic mass is 10.5. The molecule has 0 amide bonds. The maximum Gasteiger partial charge on any atom is 0.173 e. The highest BCUT2D eigenvalue weighted by Gasteiger charge is 2.05. The second-order valence-electron chi connectivity index (χ2n) is 1.12. The molecule has 0 aromatic carbocycles. The molecule has 6 heavy (non-hydrogen) atoms. The van der Waals surface area contributed by atoms with Crippen molar-refractivity contribution in [3.8, 4) is 0 Å². The fourth-order valence-corrected chi connectivity index (χ4v) is 0. The lowest BCUT2D eigenvalue weighted by molar-refractivity contribution is -0.111. The quantitative estimate of drug-likeness (QED) is 0.249.